The maximum absolute atomic E-state index is 6.34. The zero-order valence-corrected chi connectivity index (χ0v) is 14.5. The van der Waals surface area contributed by atoms with Gasteiger partial charge in [0.05, 0.1) is 6.33 Å². The van der Waals surface area contributed by atoms with Crippen LogP contribution in [0, 0.1) is 5.92 Å². The number of hydrogen-bond donors (Lipinski definition) is 3. The maximum atomic E-state index is 6.34. The Morgan fingerprint density at radius 2 is 2.00 bits per heavy atom. The number of benzene rings is 1. The number of H-pyrrole nitrogens is 1. The third-order valence-corrected chi connectivity index (χ3v) is 5.71. The van der Waals surface area contributed by atoms with Gasteiger partial charge in [-0.3, -0.25) is 10.3 Å². The third-order valence-electron chi connectivity index (χ3n) is 5.36. The summed E-state index contributed by atoms with van der Waals surface area (Å²) in [6.07, 6.45) is 7.26. The normalized spacial score (nSPS) is 26.0. The van der Waals surface area contributed by atoms with Crippen LogP contribution in [0.15, 0.2) is 36.8 Å². The van der Waals surface area contributed by atoms with E-state index in [2.05, 4.69) is 37.9 Å². The number of nitrogens with zero attached hydrogens (tertiary/aromatic N) is 2. The van der Waals surface area contributed by atoms with E-state index in [-0.39, 0.29) is 0 Å². The molecule has 2 aliphatic rings. The van der Waals surface area contributed by atoms with Crippen LogP contribution in [0.2, 0.25) is 5.02 Å². The highest BCUT2D eigenvalue weighted by Gasteiger charge is 2.33. The molecule has 3 N–H and O–H groups in total. The monoisotopic (exact) mass is 345 g/mol. The zero-order chi connectivity index (χ0) is 16.4. The molecule has 1 aromatic carbocycles. The van der Waals surface area contributed by atoms with Crippen LogP contribution in [0.1, 0.15) is 36.6 Å². The molecule has 0 spiro atoms. The molecule has 2 atom stereocenters. The highest BCUT2D eigenvalue weighted by molar-refractivity contribution is 6.31. The lowest BCUT2D eigenvalue weighted by atomic mass is 9.86. The lowest BCUT2D eigenvalue weighted by Crippen LogP contribution is -2.42. The van der Waals surface area contributed by atoms with Gasteiger partial charge < -0.3 is 4.98 Å². The van der Waals surface area contributed by atoms with Crippen molar-refractivity contribution in [2.75, 3.05) is 13.1 Å². The topological polar surface area (TPSA) is 56.0 Å². The predicted molar refractivity (Wildman–Crippen MR) is 95.5 cm³/mol. The summed E-state index contributed by atoms with van der Waals surface area (Å²) < 4.78 is 0. The van der Waals surface area contributed by atoms with Crippen molar-refractivity contribution in [3.05, 3.63) is 53.1 Å². The molecular formula is C18H24ClN5. The van der Waals surface area contributed by atoms with Gasteiger partial charge in [0.1, 0.15) is 0 Å². The van der Waals surface area contributed by atoms with Gasteiger partial charge in [-0.25, -0.2) is 10.4 Å². The molecule has 2 aromatic rings. The summed E-state index contributed by atoms with van der Waals surface area (Å²) >= 11 is 6.34. The minimum atomic E-state index is 0.312. The molecule has 0 bridgehead atoms. The van der Waals surface area contributed by atoms with Crippen LogP contribution in [-0.4, -0.2) is 34.0 Å². The molecule has 0 radical (unpaired) electrons. The van der Waals surface area contributed by atoms with Gasteiger partial charge in [0.2, 0.25) is 0 Å². The average molecular weight is 346 g/mol. The minimum absolute atomic E-state index is 0.312. The van der Waals surface area contributed by atoms with Crippen LogP contribution in [0.3, 0.4) is 0 Å². The SMILES string of the molecule is Clc1ccccc1C1CC(C2CCN(Cc3cnc[nH]3)CC2)NN1. The van der Waals surface area contributed by atoms with E-state index in [1.54, 1.807) is 6.33 Å². The Kier molecular flexibility index (Phi) is 4.85. The van der Waals surface area contributed by atoms with Gasteiger partial charge in [-0.2, -0.15) is 0 Å². The van der Waals surface area contributed by atoms with Crippen LogP contribution >= 0.6 is 11.6 Å². The molecule has 0 saturated carbocycles. The Balaban J connectivity index is 1.30. The zero-order valence-electron chi connectivity index (χ0n) is 13.7. The number of piperidine rings is 1. The lowest BCUT2D eigenvalue weighted by molar-refractivity contribution is 0.154. The van der Waals surface area contributed by atoms with E-state index in [0.717, 1.165) is 37.0 Å². The first kappa shape index (κ1) is 16.1. The summed E-state index contributed by atoms with van der Waals surface area (Å²) in [5.41, 5.74) is 9.37. The van der Waals surface area contributed by atoms with Crippen molar-refractivity contribution in [1.82, 2.24) is 25.7 Å². The molecule has 24 heavy (non-hydrogen) atoms. The predicted octanol–water partition coefficient (Wildman–Crippen LogP) is 2.88. The molecular weight excluding hydrogens is 322 g/mol. The number of nitrogens with one attached hydrogen (secondary N) is 3. The first-order chi connectivity index (χ1) is 11.8. The van der Waals surface area contributed by atoms with Crippen molar-refractivity contribution < 1.29 is 0 Å². The van der Waals surface area contributed by atoms with Gasteiger partial charge in [0.15, 0.2) is 0 Å². The van der Waals surface area contributed by atoms with Gasteiger partial charge in [-0.15, -0.1) is 0 Å². The van der Waals surface area contributed by atoms with E-state index >= 15 is 0 Å². The van der Waals surface area contributed by atoms with E-state index < -0.39 is 0 Å². The first-order valence-electron chi connectivity index (χ1n) is 8.74. The lowest BCUT2D eigenvalue weighted by Gasteiger charge is -2.34. The van der Waals surface area contributed by atoms with Crippen molar-refractivity contribution in [2.24, 2.45) is 5.92 Å². The molecule has 0 amide bonds. The summed E-state index contributed by atoms with van der Waals surface area (Å²) in [4.78, 5) is 9.80. The van der Waals surface area contributed by atoms with E-state index in [1.165, 1.54) is 24.1 Å². The summed E-state index contributed by atoms with van der Waals surface area (Å²) in [6.45, 7) is 3.28. The molecule has 128 valence electrons. The molecule has 5 nitrogen and oxygen atoms in total. The molecule has 2 fully saturated rings. The van der Waals surface area contributed by atoms with Gasteiger partial charge in [-0.1, -0.05) is 29.8 Å². The van der Waals surface area contributed by atoms with Gasteiger partial charge in [0.25, 0.3) is 0 Å². The standard InChI is InChI=1S/C18H24ClN5/c19-16-4-2-1-3-15(16)18-9-17(22-23-18)13-5-7-24(8-6-13)11-14-10-20-12-21-14/h1-4,10,12-13,17-18,22-23H,5-9,11H2,(H,20,21). The van der Waals surface area contributed by atoms with Crippen LogP contribution in [0.25, 0.3) is 0 Å². The molecule has 6 heteroatoms. The van der Waals surface area contributed by atoms with E-state index in [4.69, 9.17) is 11.6 Å². The van der Waals surface area contributed by atoms with Crippen LogP contribution in [0.4, 0.5) is 0 Å². The molecule has 2 saturated heterocycles. The fourth-order valence-electron chi connectivity index (χ4n) is 3.98. The third kappa shape index (κ3) is 3.49. The number of hydrogen-bond acceptors (Lipinski definition) is 4. The van der Waals surface area contributed by atoms with Gasteiger partial charge >= 0.3 is 0 Å². The molecule has 0 aliphatic carbocycles. The maximum Gasteiger partial charge on any atom is 0.0922 e. The average Bonchev–Trinajstić information content (AvgIpc) is 3.28. The number of imidazole rings is 1. The second-order valence-corrected chi connectivity index (χ2v) is 7.30. The number of halogens is 1. The Bertz CT molecular complexity index is 651. The first-order valence-corrected chi connectivity index (χ1v) is 9.12. The summed E-state index contributed by atoms with van der Waals surface area (Å²) in [5.74, 6) is 0.725. The number of aromatic nitrogens is 2. The fraction of sp³-hybridized carbons (Fsp3) is 0.500. The number of aromatic amines is 1. The molecule has 1 aromatic heterocycles. The Morgan fingerprint density at radius 3 is 2.75 bits per heavy atom. The Morgan fingerprint density at radius 1 is 1.17 bits per heavy atom. The van der Waals surface area contributed by atoms with E-state index in [0.29, 0.717) is 12.1 Å². The summed E-state index contributed by atoms with van der Waals surface area (Å²) in [7, 11) is 0. The van der Waals surface area contributed by atoms with Crippen molar-refractivity contribution in [3.8, 4) is 0 Å². The van der Waals surface area contributed by atoms with Crippen molar-refractivity contribution in [3.63, 3.8) is 0 Å². The van der Waals surface area contributed by atoms with E-state index in [9.17, 15) is 0 Å². The van der Waals surface area contributed by atoms with Crippen LogP contribution < -0.4 is 10.9 Å². The largest absolute Gasteiger partial charge is 0.347 e. The molecule has 2 unspecified atom stereocenters. The Hall–Kier alpha value is -1.40. The smallest absolute Gasteiger partial charge is 0.0922 e. The number of likely N-dealkylation sites (tertiary alicyclic amines) is 1. The van der Waals surface area contributed by atoms with Crippen LogP contribution in [-0.2, 0) is 6.54 Å². The summed E-state index contributed by atoms with van der Waals surface area (Å²) in [5, 5.41) is 0.854. The van der Waals surface area contributed by atoms with Crippen molar-refractivity contribution >= 4 is 11.6 Å². The minimum Gasteiger partial charge on any atom is -0.347 e. The number of hydrazine groups is 1. The van der Waals surface area contributed by atoms with E-state index in [1.807, 2.05) is 18.3 Å². The van der Waals surface area contributed by atoms with Gasteiger partial charge in [-0.05, 0) is 49.9 Å². The van der Waals surface area contributed by atoms with Crippen LogP contribution in [0.5, 0.6) is 0 Å². The second-order valence-electron chi connectivity index (χ2n) is 6.90. The second kappa shape index (κ2) is 7.23. The highest BCUT2D eigenvalue weighted by atomic mass is 35.5. The summed E-state index contributed by atoms with van der Waals surface area (Å²) in [6, 6.07) is 8.98. The molecule has 2 aliphatic heterocycles. The van der Waals surface area contributed by atoms with Gasteiger partial charge in [0, 0.05) is 35.5 Å². The molecule has 4 rings (SSSR count). The Labute approximate surface area is 147 Å². The fourth-order valence-corrected chi connectivity index (χ4v) is 4.25. The van der Waals surface area contributed by atoms with Crippen molar-refractivity contribution in [1.29, 1.82) is 0 Å². The van der Waals surface area contributed by atoms with Crippen molar-refractivity contribution in [2.45, 2.75) is 37.9 Å². The number of rotatable bonds is 4. The highest BCUT2D eigenvalue weighted by Crippen LogP contribution is 2.33. The quantitative estimate of drug-likeness (QED) is 0.797. The molecule has 3 heterocycles.